The third-order valence-electron chi connectivity index (χ3n) is 5.26. The molecule has 2 aliphatic heterocycles. The second-order valence-corrected chi connectivity index (χ2v) is 6.99. The van der Waals surface area contributed by atoms with Crippen molar-refractivity contribution in [3.05, 3.63) is 0 Å². The molecule has 124 valence electrons. The summed E-state index contributed by atoms with van der Waals surface area (Å²) >= 11 is 0. The van der Waals surface area contributed by atoms with Crippen LogP contribution < -0.4 is 16.0 Å². The van der Waals surface area contributed by atoms with Crippen molar-refractivity contribution in [2.75, 3.05) is 26.2 Å². The first-order valence-corrected chi connectivity index (χ1v) is 8.78. The predicted molar refractivity (Wildman–Crippen MR) is 84.5 cm³/mol. The van der Waals surface area contributed by atoms with E-state index in [1.54, 1.807) is 0 Å². The number of rotatable bonds is 4. The summed E-state index contributed by atoms with van der Waals surface area (Å²) in [5.41, 5.74) is 0. The minimum absolute atomic E-state index is 0.0518. The fraction of sp³-hybridized carbons (Fsp3) is 0.875. The van der Waals surface area contributed by atoms with E-state index < -0.39 is 6.04 Å². The highest BCUT2D eigenvalue weighted by molar-refractivity contribution is 5.90. The second kappa shape index (κ2) is 7.31. The molecule has 3 aliphatic rings. The predicted octanol–water partition coefficient (Wildman–Crippen LogP) is 0.829. The van der Waals surface area contributed by atoms with E-state index in [0.29, 0.717) is 6.54 Å². The van der Waals surface area contributed by atoms with Gasteiger partial charge in [-0.3, -0.25) is 4.79 Å². The number of urea groups is 1. The summed E-state index contributed by atoms with van der Waals surface area (Å²) in [6, 6.07) is -0.400. The van der Waals surface area contributed by atoms with Crippen molar-refractivity contribution in [1.29, 1.82) is 0 Å². The van der Waals surface area contributed by atoms with Crippen molar-refractivity contribution in [3.8, 4) is 0 Å². The molecule has 0 bridgehead atoms. The quantitative estimate of drug-likeness (QED) is 0.720. The van der Waals surface area contributed by atoms with Crippen molar-refractivity contribution in [3.63, 3.8) is 0 Å². The highest BCUT2D eigenvalue weighted by atomic mass is 16.2. The van der Waals surface area contributed by atoms with Crippen LogP contribution in [-0.4, -0.2) is 55.1 Å². The summed E-state index contributed by atoms with van der Waals surface area (Å²) in [7, 11) is 0. The molecule has 6 nitrogen and oxygen atoms in total. The number of hydrogen-bond acceptors (Lipinski definition) is 3. The van der Waals surface area contributed by atoms with Gasteiger partial charge in [0.05, 0.1) is 0 Å². The Bertz CT molecular complexity index is 401. The molecule has 0 aromatic heterocycles. The highest BCUT2D eigenvalue weighted by Gasteiger charge is 2.29. The third kappa shape index (κ3) is 4.12. The van der Waals surface area contributed by atoms with Gasteiger partial charge >= 0.3 is 6.03 Å². The zero-order valence-corrected chi connectivity index (χ0v) is 13.3. The van der Waals surface area contributed by atoms with Gasteiger partial charge in [0, 0.05) is 32.2 Å². The molecule has 0 radical (unpaired) electrons. The monoisotopic (exact) mass is 308 g/mol. The topological polar surface area (TPSA) is 73.5 Å². The number of nitrogens with one attached hydrogen (secondary N) is 3. The van der Waals surface area contributed by atoms with Crippen LogP contribution in [0.2, 0.25) is 0 Å². The standard InChI is InChI=1S/C16H28N4O2/c21-15(14-10-17-16(22)19-14)18-13-6-8-20(9-7-13)11-12-4-2-1-3-5-12/h12-14H,1-11H2,(H,18,21)(H2,17,19,22)/t14-/m1/s1. The van der Waals surface area contributed by atoms with E-state index in [2.05, 4.69) is 20.9 Å². The highest BCUT2D eigenvalue weighted by Crippen LogP contribution is 2.25. The molecule has 2 saturated heterocycles. The molecule has 3 N–H and O–H groups in total. The van der Waals surface area contributed by atoms with Gasteiger partial charge in [-0.05, 0) is 31.6 Å². The molecular formula is C16H28N4O2. The number of likely N-dealkylation sites (tertiary alicyclic amines) is 1. The van der Waals surface area contributed by atoms with E-state index in [1.807, 2.05) is 0 Å². The number of piperidine rings is 1. The molecule has 1 atom stereocenters. The van der Waals surface area contributed by atoms with Gasteiger partial charge in [-0.2, -0.15) is 0 Å². The molecule has 0 aromatic carbocycles. The van der Waals surface area contributed by atoms with Crippen LogP contribution in [0.4, 0.5) is 4.79 Å². The van der Waals surface area contributed by atoms with Crippen LogP contribution in [0.15, 0.2) is 0 Å². The molecule has 1 aliphatic carbocycles. The molecular weight excluding hydrogens is 280 g/mol. The fourth-order valence-corrected chi connectivity index (χ4v) is 3.91. The maximum atomic E-state index is 12.1. The van der Waals surface area contributed by atoms with Crippen LogP contribution >= 0.6 is 0 Å². The van der Waals surface area contributed by atoms with E-state index in [1.165, 1.54) is 38.6 Å². The minimum atomic E-state index is -0.409. The molecule has 3 amide bonds. The minimum Gasteiger partial charge on any atom is -0.351 e. The normalized spacial score (nSPS) is 28.2. The number of amides is 3. The number of nitrogens with zero attached hydrogens (tertiary/aromatic N) is 1. The Morgan fingerprint density at radius 3 is 2.50 bits per heavy atom. The van der Waals surface area contributed by atoms with Crippen molar-refractivity contribution >= 4 is 11.9 Å². The Morgan fingerprint density at radius 2 is 1.86 bits per heavy atom. The Morgan fingerprint density at radius 1 is 1.14 bits per heavy atom. The van der Waals surface area contributed by atoms with Gasteiger partial charge in [0.2, 0.25) is 5.91 Å². The van der Waals surface area contributed by atoms with Crippen molar-refractivity contribution < 1.29 is 9.59 Å². The molecule has 0 spiro atoms. The lowest BCUT2D eigenvalue weighted by Gasteiger charge is -2.35. The van der Waals surface area contributed by atoms with E-state index in [4.69, 9.17) is 0 Å². The zero-order chi connectivity index (χ0) is 15.4. The van der Waals surface area contributed by atoms with Crippen molar-refractivity contribution in [1.82, 2.24) is 20.9 Å². The first kappa shape index (κ1) is 15.6. The second-order valence-electron chi connectivity index (χ2n) is 6.99. The summed E-state index contributed by atoms with van der Waals surface area (Å²) in [6.07, 6.45) is 9.04. The van der Waals surface area contributed by atoms with Crippen LogP contribution in [0.1, 0.15) is 44.9 Å². The summed E-state index contributed by atoms with van der Waals surface area (Å²) in [6.45, 7) is 3.79. The van der Waals surface area contributed by atoms with E-state index in [0.717, 1.165) is 31.8 Å². The van der Waals surface area contributed by atoms with Crippen molar-refractivity contribution in [2.45, 2.75) is 57.0 Å². The lowest BCUT2D eigenvalue weighted by molar-refractivity contribution is -0.123. The molecule has 1 saturated carbocycles. The van der Waals surface area contributed by atoms with Crippen LogP contribution in [0, 0.1) is 5.92 Å². The molecule has 3 fully saturated rings. The maximum absolute atomic E-state index is 12.1. The van der Waals surface area contributed by atoms with Gasteiger partial charge in [-0.25, -0.2) is 4.79 Å². The molecule has 3 rings (SSSR count). The SMILES string of the molecule is O=C1NC[C@H](C(=O)NC2CCN(CC3CCCCC3)CC2)N1. The summed E-state index contributed by atoms with van der Waals surface area (Å²) < 4.78 is 0. The lowest BCUT2D eigenvalue weighted by atomic mass is 9.88. The summed E-state index contributed by atoms with van der Waals surface area (Å²) in [5, 5.41) is 8.34. The van der Waals surface area contributed by atoms with Gasteiger partial charge in [0.1, 0.15) is 6.04 Å². The fourth-order valence-electron chi connectivity index (χ4n) is 3.91. The molecule has 2 heterocycles. The van der Waals surface area contributed by atoms with Crippen LogP contribution in [-0.2, 0) is 4.79 Å². The number of carbonyl (C=O) groups excluding carboxylic acids is 2. The van der Waals surface area contributed by atoms with Gasteiger partial charge in [-0.15, -0.1) is 0 Å². The van der Waals surface area contributed by atoms with Gasteiger partial charge in [0.15, 0.2) is 0 Å². The average Bonchev–Trinajstić information content (AvgIpc) is 2.97. The third-order valence-corrected chi connectivity index (χ3v) is 5.26. The number of hydrogen-bond donors (Lipinski definition) is 3. The maximum Gasteiger partial charge on any atom is 0.315 e. The Kier molecular flexibility index (Phi) is 5.18. The molecule has 6 heteroatoms. The van der Waals surface area contributed by atoms with Gasteiger partial charge in [0.25, 0.3) is 0 Å². The van der Waals surface area contributed by atoms with E-state index >= 15 is 0 Å². The zero-order valence-electron chi connectivity index (χ0n) is 13.3. The van der Waals surface area contributed by atoms with E-state index in [-0.39, 0.29) is 18.0 Å². The average molecular weight is 308 g/mol. The number of carbonyl (C=O) groups is 2. The molecule has 22 heavy (non-hydrogen) atoms. The Balaban J connectivity index is 1.36. The Hall–Kier alpha value is -1.30. The first-order chi connectivity index (χ1) is 10.7. The molecule has 0 unspecified atom stereocenters. The lowest BCUT2D eigenvalue weighted by Crippen LogP contribution is -2.51. The van der Waals surface area contributed by atoms with Crippen LogP contribution in [0.25, 0.3) is 0 Å². The van der Waals surface area contributed by atoms with Crippen LogP contribution in [0.3, 0.4) is 0 Å². The Labute approximate surface area is 132 Å². The smallest absolute Gasteiger partial charge is 0.315 e. The van der Waals surface area contributed by atoms with Crippen LogP contribution in [0.5, 0.6) is 0 Å². The van der Waals surface area contributed by atoms with E-state index in [9.17, 15) is 9.59 Å². The summed E-state index contributed by atoms with van der Waals surface area (Å²) in [5.74, 6) is 0.837. The van der Waals surface area contributed by atoms with Gasteiger partial charge < -0.3 is 20.9 Å². The summed E-state index contributed by atoms with van der Waals surface area (Å²) in [4.78, 5) is 25.7. The first-order valence-electron chi connectivity index (χ1n) is 8.78. The van der Waals surface area contributed by atoms with Crippen molar-refractivity contribution in [2.24, 2.45) is 5.92 Å². The largest absolute Gasteiger partial charge is 0.351 e. The molecule has 0 aromatic rings. The van der Waals surface area contributed by atoms with Gasteiger partial charge in [-0.1, -0.05) is 19.3 Å².